The number of ether oxygens (including phenoxy) is 1. The zero-order valence-corrected chi connectivity index (χ0v) is 12.0. The largest absolute Gasteiger partial charge is 0.389 e. The van der Waals surface area contributed by atoms with Crippen molar-refractivity contribution in [2.24, 2.45) is 0 Å². The van der Waals surface area contributed by atoms with Gasteiger partial charge in [-0.05, 0) is 43.7 Å². The van der Waals surface area contributed by atoms with Gasteiger partial charge in [-0.3, -0.25) is 0 Å². The average molecular weight is 292 g/mol. The lowest BCUT2D eigenvalue weighted by Gasteiger charge is -2.11. The third kappa shape index (κ3) is 6.57. The highest BCUT2D eigenvalue weighted by Gasteiger charge is 2.03. The maximum absolute atomic E-state index is 9.54. The summed E-state index contributed by atoms with van der Waals surface area (Å²) in [5.74, 6) is 0. The SMILES string of the molecule is CCOCC(O)CNCCc1cc(Cl)cc(Cl)c1. The standard InChI is InChI=1S/C13H19Cl2NO2/c1-2-18-9-13(17)8-16-4-3-10-5-11(14)7-12(15)6-10/h5-7,13,16-17H,2-4,8-9H2,1H3. The molecule has 1 unspecified atom stereocenters. The number of hydrogen-bond acceptors (Lipinski definition) is 3. The van der Waals surface area contributed by atoms with Gasteiger partial charge in [-0.25, -0.2) is 0 Å². The van der Waals surface area contributed by atoms with E-state index in [0.29, 0.717) is 29.8 Å². The zero-order valence-electron chi connectivity index (χ0n) is 10.5. The second-order valence-corrected chi connectivity index (χ2v) is 4.92. The molecule has 2 N–H and O–H groups in total. The van der Waals surface area contributed by atoms with Crippen LogP contribution in [-0.4, -0.2) is 37.5 Å². The molecule has 0 bridgehead atoms. The number of benzene rings is 1. The zero-order chi connectivity index (χ0) is 13.4. The van der Waals surface area contributed by atoms with Crippen LogP contribution in [-0.2, 0) is 11.2 Å². The monoisotopic (exact) mass is 291 g/mol. The molecule has 0 fully saturated rings. The molecule has 0 heterocycles. The molecule has 0 aliphatic heterocycles. The molecule has 0 amide bonds. The third-order valence-electron chi connectivity index (χ3n) is 2.41. The van der Waals surface area contributed by atoms with Gasteiger partial charge in [0.25, 0.3) is 0 Å². The lowest BCUT2D eigenvalue weighted by molar-refractivity contribution is 0.0430. The Labute approximate surface area is 118 Å². The summed E-state index contributed by atoms with van der Waals surface area (Å²) in [7, 11) is 0. The van der Waals surface area contributed by atoms with E-state index in [1.165, 1.54) is 0 Å². The maximum Gasteiger partial charge on any atom is 0.0897 e. The van der Waals surface area contributed by atoms with Gasteiger partial charge in [-0.1, -0.05) is 23.2 Å². The minimum absolute atomic E-state index is 0.368. The van der Waals surface area contributed by atoms with Gasteiger partial charge in [0.2, 0.25) is 0 Å². The van der Waals surface area contributed by atoms with Gasteiger partial charge in [-0.2, -0.15) is 0 Å². The van der Waals surface area contributed by atoms with Gasteiger partial charge < -0.3 is 15.2 Å². The molecule has 3 nitrogen and oxygen atoms in total. The quantitative estimate of drug-likeness (QED) is 0.723. The molecular weight excluding hydrogens is 273 g/mol. The highest BCUT2D eigenvalue weighted by molar-refractivity contribution is 6.34. The number of aliphatic hydroxyl groups is 1. The molecule has 0 aromatic heterocycles. The molecule has 1 aromatic rings. The Kier molecular flexibility index (Phi) is 7.63. The number of halogens is 2. The minimum Gasteiger partial charge on any atom is -0.389 e. The van der Waals surface area contributed by atoms with Crippen LogP contribution < -0.4 is 5.32 Å². The van der Waals surface area contributed by atoms with Crippen LogP contribution in [0.2, 0.25) is 10.0 Å². The first-order valence-corrected chi connectivity index (χ1v) is 6.79. The topological polar surface area (TPSA) is 41.5 Å². The normalized spacial score (nSPS) is 12.7. The van der Waals surface area contributed by atoms with Crippen LogP contribution in [0, 0.1) is 0 Å². The molecule has 1 rings (SSSR count). The molecule has 18 heavy (non-hydrogen) atoms. The summed E-state index contributed by atoms with van der Waals surface area (Å²) in [6.45, 7) is 4.18. The van der Waals surface area contributed by atoms with Crippen molar-refractivity contribution in [3.8, 4) is 0 Å². The van der Waals surface area contributed by atoms with Gasteiger partial charge in [0.15, 0.2) is 0 Å². The summed E-state index contributed by atoms with van der Waals surface area (Å²) in [6.07, 6.45) is 0.356. The lowest BCUT2D eigenvalue weighted by atomic mass is 10.1. The van der Waals surface area contributed by atoms with Crippen LogP contribution in [0.5, 0.6) is 0 Å². The molecule has 1 atom stereocenters. The van der Waals surface area contributed by atoms with Crippen molar-refractivity contribution in [1.82, 2.24) is 5.32 Å². The Morgan fingerprint density at radius 2 is 1.94 bits per heavy atom. The Hall–Kier alpha value is -0.320. The Morgan fingerprint density at radius 1 is 1.28 bits per heavy atom. The number of aliphatic hydroxyl groups excluding tert-OH is 1. The summed E-state index contributed by atoms with van der Waals surface area (Å²) < 4.78 is 5.12. The van der Waals surface area contributed by atoms with Crippen LogP contribution in [0.4, 0.5) is 0 Å². The van der Waals surface area contributed by atoms with Crippen molar-refractivity contribution in [3.63, 3.8) is 0 Å². The summed E-state index contributed by atoms with van der Waals surface area (Å²) >= 11 is 11.8. The maximum atomic E-state index is 9.54. The first-order valence-electron chi connectivity index (χ1n) is 6.03. The Morgan fingerprint density at radius 3 is 2.56 bits per heavy atom. The van der Waals surface area contributed by atoms with E-state index < -0.39 is 6.10 Å². The molecule has 0 aliphatic carbocycles. The highest BCUT2D eigenvalue weighted by Crippen LogP contribution is 2.19. The van der Waals surface area contributed by atoms with Crippen LogP contribution in [0.3, 0.4) is 0 Å². The van der Waals surface area contributed by atoms with Crippen LogP contribution >= 0.6 is 23.2 Å². The molecular formula is C13H19Cl2NO2. The first-order chi connectivity index (χ1) is 8.61. The van der Waals surface area contributed by atoms with Crippen molar-refractivity contribution in [2.75, 3.05) is 26.3 Å². The molecule has 0 saturated carbocycles. The molecule has 102 valence electrons. The fourth-order valence-electron chi connectivity index (χ4n) is 1.57. The highest BCUT2D eigenvalue weighted by atomic mass is 35.5. The van der Waals surface area contributed by atoms with E-state index in [2.05, 4.69) is 5.32 Å². The molecule has 0 spiro atoms. The van der Waals surface area contributed by atoms with Gasteiger partial charge in [-0.15, -0.1) is 0 Å². The van der Waals surface area contributed by atoms with Crippen molar-refractivity contribution in [3.05, 3.63) is 33.8 Å². The van der Waals surface area contributed by atoms with E-state index in [0.717, 1.165) is 18.5 Å². The van der Waals surface area contributed by atoms with Crippen molar-refractivity contribution in [1.29, 1.82) is 0 Å². The summed E-state index contributed by atoms with van der Waals surface area (Å²) in [5.41, 5.74) is 1.08. The van der Waals surface area contributed by atoms with E-state index >= 15 is 0 Å². The van der Waals surface area contributed by atoms with Gasteiger partial charge in [0, 0.05) is 23.2 Å². The lowest BCUT2D eigenvalue weighted by Crippen LogP contribution is -2.31. The Balaban J connectivity index is 2.21. The van der Waals surface area contributed by atoms with Gasteiger partial charge in [0.1, 0.15) is 0 Å². The molecule has 5 heteroatoms. The number of hydrogen-bond donors (Lipinski definition) is 2. The van der Waals surface area contributed by atoms with Crippen LogP contribution in [0.15, 0.2) is 18.2 Å². The smallest absolute Gasteiger partial charge is 0.0897 e. The second-order valence-electron chi connectivity index (χ2n) is 4.05. The number of rotatable bonds is 8. The molecule has 0 aliphatic rings. The van der Waals surface area contributed by atoms with E-state index in [1.807, 2.05) is 19.1 Å². The first kappa shape index (κ1) is 15.7. The Bertz CT molecular complexity index is 341. The van der Waals surface area contributed by atoms with E-state index in [1.54, 1.807) is 6.07 Å². The predicted octanol–water partition coefficient (Wildman–Crippen LogP) is 2.52. The second kappa shape index (κ2) is 8.73. The fraction of sp³-hybridized carbons (Fsp3) is 0.538. The van der Waals surface area contributed by atoms with Gasteiger partial charge in [0.05, 0.1) is 12.7 Å². The van der Waals surface area contributed by atoms with Gasteiger partial charge >= 0.3 is 0 Å². The molecule has 0 saturated heterocycles. The van der Waals surface area contributed by atoms with E-state index in [4.69, 9.17) is 27.9 Å². The average Bonchev–Trinajstić information content (AvgIpc) is 2.31. The van der Waals surface area contributed by atoms with Crippen molar-refractivity contribution in [2.45, 2.75) is 19.4 Å². The molecule has 1 aromatic carbocycles. The predicted molar refractivity (Wildman–Crippen MR) is 75.5 cm³/mol. The van der Waals surface area contributed by atoms with E-state index in [-0.39, 0.29) is 0 Å². The van der Waals surface area contributed by atoms with Crippen LogP contribution in [0.1, 0.15) is 12.5 Å². The summed E-state index contributed by atoms with van der Waals surface area (Å²) in [6, 6.07) is 5.50. The van der Waals surface area contributed by atoms with E-state index in [9.17, 15) is 5.11 Å². The summed E-state index contributed by atoms with van der Waals surface area (Å²) in [5, 5.41) is 14.0. The summed E-state index contributed by atoms with van der Waals surface area (Å²) in [4.78, 5) is 0. The van der Waals surface area contributed by atoms with Crippen molar-refractivity contribution >= 4 is 23.2 Å². The third-order valence-corrected chi connectivity index (χ3v) is 2.84. The minimum atomic E-state index is -0.465. The number of nitrogens with one attached hydrogen (secondary N) is 1. The molecule has 0 radical (unpaired) electrons. The fourth-order valence-corrected chi connectivity index (χ4v) is 2.14. The van der Waals surface area contributed by atoms with Crippen molar-refractivity contribution < 1.29 is 9.84 Å². The van der Waals surface area contributed by atoms with Crippen LogP contribution in [0.25, 0.3) is 0 Å².